The number of anilines is 1. The average Bonchev–Trinajstić information content (AvgIpc) is 2.99. The number of aryl methyl sites for hydroxylation is 1. The van der Waals surface area contributed by atoms with Gasteiger partial charge in [0.1, 0.15) is 5.69 Å². The number of alkyl halides is 3. The van der Waals surface area contributed by atoms with Gasteiger partial charge in [0, 0.05) is 31.5 Å². The third kappa shape index (κ3) is 3.53. The molecule has 5 nitrogen and oxygen atoms in total. The largest absolute Gasteiger partial charge is 0.433 e. The topological polar surface area (TPSA) is 55.6 Å². The van der Waals surface area contributed by atoms with E-state index in [1.54, 1.807) is 10.9 Å². The van der Waals surface area contributed by atoms with Crippen molar-refractivity contribution in [3.05, 3.63) is 60.2 Å². The lowest BCUT2D eigenvalue weighted by molar-refractivity contribution is -0.141. The molecule has 0 spiro atoms. The summed E-state index contributed by atoms with van der Waals surface area (Å²) < 4.78 is 39.8. The first-order chi connectivity index (χ1) is 11.4. The van der Waals surface area contributed by atoms with Gasteiger partial charge in [-0.2, -0.15) is 18.3 Å². The number of benzene rings is 1. The summed E-state index contributed by atoms with van der Waals surface area (Å²) in [5.41, 5.74) is 1.82. The van der Waals surface area contributed by atoms with Crippen LogP contribution in [0.5, 0.6) is 0 Å². The molecule has 124 valence electrons. The molecule has 3 rings (SSSR count). The number of nitrogens with one attached hydrogen (secondary N) is 1. The fourth-order valence-corrected chi connectivity index (χ4v) is 2.29. The zero-order valence-corrected chi connectivity index (χ0v) is 12.7. The summed E-state index contributed by atoms with van der Waals surface area (Å²) in [5, 5.41) is 6.98. The fraction of sp³-hybridized carbons (Fsp3) is 0.188. The van der Waals surface area contributed by atoms with Crippen LogP contribution >= 0.6 is 0 Å². The molecule has 0 unspecified atom stereocenters. The Morgan fingerprint density at radius 2 is 1.96 bits per heavy atom. The van der Waals surface area contributed by atoms with Gasteiger partial charge in [-0.05, 0) is 17.2 Å². The second-order valence-electron chi connectivity index (χ2n) is 5.18. The molecule has 0 aliphatic heterocycles. The third-order valence-electron chi connectivity index (χ3n) is 3.42. The van der Waals surface area contributed by atoms with Crippen LogP contribution in [0.4, 0.5) is 19.1 Å². The summed E-state index contributed by atoms with van der Waals surface area (Å²) in [6, 6.07) is 8.43. The van der Waals surface area contributed by atoms with Gasteiger partial charge >= 0.3 is 6.18 Å². The minimum absolute atomic E-state index is 0.0641. The molecule has 0 bridgehead atoms. The highest BCUT2D eigenvalue weighted by molar-refractivity contribution is 5.66. The van der Waals surface area contributed by atoms with Crippen molar-refractivity contribution in [1.29, 1.82) is 0 Å². The van der Waals surface area contributed by atoms with Crippen molar-refractivity contribution in [1.82, 2.24) is 19.7 Å². The first-order valence-corrected chi connectivity index (χ1v) is 7.14. The number of hydrogen-bond acceptors (Lipinski definition) is 4. The van der Waals surface area contributed by atoms with Crippen molar-refractivity contribution in [2.24, 2.45) is 7.05 Å². The Morgan fingerprint density at radius 1 is 1.17 bits per heavy atom. The smallest absolute Gasteiger partial charge is 0.350 e. The van der Waals surface area contributed by atoms with Crippen molar-refractivity contribution in [3.63, 3.8) is 0 Å². The minimum Gasteiger partial charge on any atom is -0.350 e. The van der Waals surface area contributed by atoms with E-state index in [1.807, 2.05) is 37.5 Å². The van der Waals surface area contributed by atoms with Gasteiger partial charge in [-0.3, -0.25) is 4.68 Å². The first-order valence-electron chi connectivity index (χ1n) is 7.14. The Labute approximate surface area is 136 Å². The molecule has 0 aliphatic rings. The molecular formula is C16H14F3N5. The standard InChI is InChI=1S/C16H14F3N5/c1-24-10-12(9-22-24)13-5-3-2-4-11(13)8-21-15-20-7-6-14(23-15)16(17,18)19/h2-7,9-10H,8H2,1H3,(H,20,21,23). The lowest BCUT2D eigenvalue weighted by atomic mass is 10.0. The van der Waals surface area contributed by atoms with E-state index in [2.05, 4.69) is 20.4 Å². The molecule has 0 atom stereocenters. The van der Waals surface area contributed by atoms with E-state index < -0.39 is 11.9 Å². The van der Waals surface area contributed by atoms with Gasteiger partial charge in [-0.25, -0.2) is 9.97 Å². The summed E-state index contributed by atoms with van der Waals surface area (Å²) >= 11 is 0. The second kappa shape index (κ2) is 6.31. The van der Waals surface area contributed by atoms with E-state index in [0.29, 0.717) is 6.54 Å². The molecule has 24 heavy (non-hydrogen) atoms. The Kier molecular flexibility index (Phi) is 4.20. The Balaban J connectivity index is 1.81. The van der Waals surface area contributed by atoms with Crippen molar-refractivity contribution < 1.29 is 13.2 Å². The maximum atomic E-state index is 12.7. The SMILES string of the molecule is Cn1cc(-c2ccccc2CNc2nccc(C(F)(F)F)n2)cn1. The maximum Gasteiger partial charge on any atom is 0.433 e. The molecule has 2 aromatic heterocycles. The number of rotatable bonds is 4. The highest BCUT2D eigenvalue weighted by Crippen LogP contribution is 2.28. The Morgan fingerprint density at radius 3 is 2.67 bits per heavy atom. The summed E-state index contributed by atoms with van der Waals surface area (Å²) in [6.45, 7) is 0.298. The van der Waals surface area contributed by atoms with Gasteiger partial charge in [0.05, 0.1) is 6.20 Å². The number of halogens is 3. The second-order valence-corrected chi connectivity index (χ2v) is 5.18. The monoisotopic (exact) mass is 333 g/mol. The van der Waals surface area contributed by atoms with Crippen LogP contribution in [0.15, 0.2) is 48.9 Å². The summed E-state index contributed by atoms with van der Waals surface area (Å²) in [7, 11) is 1.82. The van der Waals surface area contributed by atoms with Gasteiger partial charge in [-0.15, -0.1) is 0 Å². The van der Waals surface area contributed by atoms with Crippen molar-refractivity contribution >= 4 is 5.95 Å². The number of nitrogens with zero attached hydrogens (tertiary/aromatic N) is 4. The Bertz CT molecular complexity index is 841. The molecule has 0 amide bonds. The van der Waals surface area contributed by atoms with E-state index in [0.717, 1.165) is 29.0 Å². The predicted molar refractivity (Wildman–Crippen MR) is 83.0 cm³/mol. The first kappa shape index (κ1) is 16.0. The molecule has 0 saturated carbocycles. The molecule has 1 N–H and O–H groups in total. The molecule has 0 aliphatic carbocycles. The maximum absolute atomic E-state index is 12.7. The van der Waals surface area contributed by atoms with Crippen molar-refractivity contribution in [2.75, 3.05) is 5.32 Å². The molecule has 0 radical (unpaired) electrons. The molecule has 8 heteroatoms. The third-order valence-corrected chi connectivity index (χ3v) is 3.42. The van der Waals surface area contributed by atoms with E-state index in [-0.39, 0.29) is 5.95 Å². The minimum atomic E-state index is -4.49. The summed E-state index contributed by atoms with van der Waals surface area (Å²) in [5.74, 6) is -0.0641. The van der Waals surface area contributed by atoms with E-state index in [9.17, 15) is 13.2 Å². The normalized spacial score (nSPS) is 11.5. The number of hydrogen-bond donors (Lipinski definition) is 1. The number of aromatic nitrogens is 4. The van der Waals surface area contributed by atoms with Gasteiger partial charge in [0.25, 0.3) is 0 Å². The molecular weight excluding hydrogens is 319 g/mol. The zero-order chi connectivity index (χ0) is 17.2. The van der Waals surface area contributed by atoms with Crippen LogP contribution in [0.25, 0.3) is 11.1 Å². The van der Waals surface area contributed by atoms with E-state index in [4.69, 9.17) is 0 Å². The van der Waals surface area contributed by atoms with E-state index >= 15 is 0 Å². The average molecular weight is 333 g/mol. The molecule has 1 aromatic carbocycles. The fourth-order valence-electron chi connectivity index (χ4n) is 2.29. The van der Waals surface area contributed by atoms with Gasteiger partial charge in [0.2, 0.25) is 5.95 Å². The molecule has 0 fully saturated rings. The Hall–Kier alpha value is -2.90. The van der Waals surface area contributed by atoms with Crippen molar-refractivity contribution in [2.45, 2.75) is 12.7 Å². The molecule has 0 saturated heterocycles. The summed E-state index contributed by atoms with van der Waals surface area (Å²) in [6.07, 6.45) is 0.206. The van der Waals surface area contributed by atoms with Crippen LogP contribution in [-0.4, -0.2) is 19.7 Å². The van der Waals surface area contributed by atoms with Crippen LogP contribution in [0.2, 0.25) is 0 Å². The van der Waals surface area contributed by atoms with Crippen LogP contribution in [-0.2, 0) is 19.8 Å². The molecule has 2 heterocycles. The predicted octanol–water partition coefficient (Wildman–Crippen LogP) is 3.51. The van der Waals surface area contributed by atoms with Crippen LogP contribution in [0.1, 0.15) is 11.3 Å². The van der Waals surface area contributed by atoms with E-state index in [1.165, 1.54) is 0 Å². The highest BCUT2D eigenvalue weighted by atomic mass is 19.4. The quantitative estimate of drug-likeness (QED) is 0.794. The van der Waals surface area contributed by atoms with Gasteiger partial charge in [-0.1, -0.05) is 24.3 Å². The van der Waals surface area contributed by atoms with Gasteiger partial charge < -0.3 is 5.32 Å². The van der Waals surface area contributed by atoms with Crippen LogP contribution in [0, 0.1) is 0 Å². The lowest BCUT2D eigenvalue weighted by Crippen LogP contribution is -2.11. The molecule has 3 aromatic rings. The van der Waals surface area contributed by atoms with Gasteiger partial charge in [0.15, 0.2) is 0 Å². The van der Waals surface area contributed by atoms with Crippen molar-refractivity contribution in [3.8, 4) is 11.1 Å². The van der Waals surface area contributed by atoms with Crippen LogP contribution in [0.3, 0.4) is 0 Å². The lowest BCUT2D eigenvalue weighted by Gasteiger charge is -2.11. The summed E-state index contributed by atoms with van der Waals surface area (Å²) in [4.78, 5) is 7.34. The highest BCUT2D eigenvalue weighted by Gasteiger charge is 2.32. The zero-order valence-electron chi connectivity index (χ0n) is 12.7. The van der Waals surface area contributed by atoms with Crippen LogP contribution < -0.4 is 5.32 Å².